The molecule has 3 rings (SSSR count). The van der Waals surface area contributed by atoms with Crippen molar-refractivity contribution in [2.45, 2.75) is 19.3 Å². The summed E-state index contributed by atoms with van der Waals surface area (Å²) in [4.78, 5) is 11.9. The van der Waals surface area contributed by atoms with Gasteiger partial charge in [0.1, 0.15) is 5.75 Å². The van der Waals surface area contributed by atoms with Crippen molar-refractivity contribution in [3.8, 4) is 5.75 Å². The molecule has 2 nitrogen and oxygen atoms in total. The molecule has 1 heterocycles. The van der Waals surface area contributed by atoms with E-state index in [1.165, 1.54) is 0 Å². The van der Waals surface area contributed by atoms with Crippen LogP contribution in [0, 0.1) is 5.92 Å². The van der Waals surface area contributed by atoms with Crippen LogP contribution in [0.4, 0.5) is 0 Å². The van der Waals surface area contributed by atoms with Gasteiger partial charge >= 0.3 is 0 Å². The molecule has 0 radical (unpaired) electrons. The third-order valence-corrected chi connectivity index (χ3v) is 3.41. The molecule has 0 saturated heterocycles. The minimum atomic E-state index is 0.148. The molecule has 1 aliphatic carbocycles. The Morgan fingerprint density at radius 3 is 3.14 bits per heavy atom. The Balaban J connectivity index is 2.27. The molecule has 0 aromatic heterocycles. The van der Waals surface area contributed by atoms with Gasteiger partial charge in [-0.1, -0.05) is 19.1 Å². The van der Waals surface area contributed by atoms with Gasteiger partial charge in [-0.05, 0) is 12.5 Å². The largest absolute Gasteiger partial charge is 0.493 e. The molecule has 1 aromatic carbocycles. The maximum absolute atomic E-state index is 11.9. The number of hydrogen-bond acceptors (Lipinski definition) is 2. The Kier molecular flexibility index (Phi) is 1.49. The zero-order valence-electron chi connectivity index (χ0n) is 8.12. The van der Waals surface area contributed by atoms with Crippen LogP contribution in [0.2, 0.25) is 0 Å². The number of ketones is 1. The van der Waals surface area contributed by atoms with E-state index in [2.05, 4.69) is 0 Å². The molecule has 0 saturated carbocycles. The summed E-state index contributed by atoms with van der Waals surface area (Å²) in [6.07, 6.45) is 0.983. The van der Waals surface area contributed by atoms with Crippen LogP contribution in [-0.4, -0.2) is 12.4 Å². The van der Waals surface area contributed by atoms with Gasteiger partial charge in [0.05, 0.1) is 6.61 Å². The zero-order valence-corrected chi connectivity index (χ0v) is 8.12. The van der Waals surface area contributed by atoms with E-state index in [-0.39, 0.29) is 11.7 Å². The molecule has 72 valence electrons. The Hall–Kier alpha value is -1.31. The quantitative estimate of drug-likeness (QED) is 0.624. The van der Waals surface area contributed by atoms with Crippen LogP contribution in [0.25, 0.3) is 0 Å². The minimum Gasteiger partial charge on any atom is -0.493 e. The lowest BCUT2D eigenvalue weighted by Crippen LogP contribution is -2.16. The highest BCUT2D eigenvalue weighted by Crippen LogP contribution is 2.46. The summed E-state index contributed by atoms with van der Waals surface area (Å²) in [5.74, 6) is 1.77. The molecule has 2 aliphatic rings. The van der Waals surface area contributed by atoms with E-state index in [4.69, 9.17) is 4.74 Å². The fourth-order valence-corrected chi connectivity index (χ4v) is 2.64. The number of rotatable bonds is 0. The normalized spacial score (nSPS) is 28.5. The molecular formula is C12H12O2. The van der Waals surface area contributed by atoms with Crippen LogP contribution in [0.5, 0.6) is 5.75 Å². The summed E-state index contributed by atoms with van der Waals surface area (Å²) < 4.78 is 5.56. The predicted molar refractivity (Wildman–Crippen MR) is 52.8 cm³/mol. The number of ether oxygens (including phenoxy) is 1. The average Bonchev–Trinajstić information content (AvgIpc) is 2.47. The standard InChI is InChI=1S/C12H12O2/c1-7-8-5-6-14-10-4-2-3-9(11(8)10)12(7)13/h2-4,7-8H,5-6H2,1H3. The summed E-state index contributed by atoms with van der Waals surface area (Å²) in [5.41, 5.74) is 2.05. The molecule has 0 spiro atoms. The monoisotopic (exact) mass is 188 g/mol. The molecule has 2 heteroatoms. The van der Waals surface area contributed by atoms with Gasteiger partial charge in [0.2, 0.25) is 0 Å². The molecule has 0 N–H and O–H groups in total. The van der Waals surface area contributed by atoms with Crippen LogP contribution >= 0.6 is 0 Å². The fourth-order valence-electron chi connectivity index (χ4n) is 2.64. The number of carbonyl (C=O) groups excluding carboxylic acids is 1. The Morgan fingerprint density at radius 2 is 2.29 bits per heavy atom. The Bertz CT molecular complexity index is 409. The van der Waals surface area contributed by atoms with Crippen molar-refractivity contribution >= 4 is 5.78 Å². The van der Waals surface area contributed by atoms with E-state index < -0.39 is 0 Å². The van der Waals surface area contributed by atoms with Crippen LogP contribution in [-0.2, 0) is 0 Å². The highest BCUT2D eigenvalue weighted by Gasteiger charge is 2.40. The van der Waals surface area contributed by atoms with Crippen molar-refractivity contribution < 1.29 is 9.53 Å². The maximum Gasteiger partial charge on any atom is 0.166 e. The van der Waals surface area contributed by atoms with Crippen molar-refractivity contribution in [3.05, 3.63) is 29.3 Å². The van der Waals surface area contributed by atoms with Crippen LogP contribution in [0.15, 0.2) is 18.2 Å². The van der Waals surface area contributed by atoms with Crippen LogP contribution < -0.4 is 4.74 Å². The fraction of sp³-hybridized carbons (Fsp3) is 0.417. The van der Waals surface area contributed by atoms with Crippen LogP contribution in [0.1, 0.15) is 35.2 Å². The van der Waals surface area contributed by atoms with Gasteiger partial charge in [-0.15, -0.1) is 0 Å². The summed E-state index contributed by atoms with van der Waals surface area (Å²) in [6.45, 7) is 2.78. The van der Waals surface area contributed by atoms with Crippen molar-refractivity contribution in [3.63, 3.8) is 0 Å². The average molecular weight is 188 g/mol. The SMILES string of the molecule is CC1C(=O)c2cccc3c2C1CCO3. The van der Waals surface area contributed by atoms with Gasteiger partial charge < -0.3 is 4.74 Å². The van der Waals surface area contributed by atoms with Gasteiger partial charge in [0, 0.05) is 23.0 Å². The molecular weight excluding hydrogens is 176 g/mol. The van der Waals surface area contributed by atoms with E-state index in [9.17, 15) is 4.79 Å². The number of carbonyl (C=O) groups is 1. The molecule has 2 unspecified atom stereocenters. The number of Topliss-reactive ketones (excluding diaryl/α,β-unsaturated/α-hetero) is 1. The van der Waals surface area contributed by atoms with E-state index in [1.807, 2.05) is 25.1 Å². The molecule has 2 atom stereocenters. The second-order valence-electron chi connectivity index (χ2n) is 4.11. The zero-order chi connectivity index (χ0) is 9.71. The second kappa shape index (κ2) is 2.59. The Morgan fingerprint density at radius 1 is 1.43 bits per heavy atom. The summed E-state index contributed by atoms with van der Waals surface area (Å²) >= 11 is 0. The van der Waals surface area contributed by atoms with Gasteiger partial charge in [-0.3, -0.25) is 4.79 Å². The van der Waals surface area contributed by atoms with Gasteiger partial charge in [-0.25, -0.2) is 0 Å². The van der Waals surface area contributed by atoms with E-state index in [1.54, 1.807) is 0 Å². The molecule has 0 amide bonds. The summed E-state index contributed by atoms with van der Waals surface area (Å²) in [5, 5.41) is 0. The van der Waals surface area contributed by atoms with Crippen molar-refractivity contribution in [2.75, 3.05) is 6.61 Å². The third kappa shape index (κ3) is 0.834. The lowest BCUT2D eigenvalue weighted by molar-refractivity contribution is 0.0927. The lowest BCUT2D eigenvalue weighted by atomic mass is 9.89. The van der Waals surface area contributed by atoms with Crippen molar-refractivity contribution in [2.24, 2.45) is 5.92 Å². The first-order valence-electron chi connectivity index (χ1n) is 5.09. The number of benzene rings is 1. The van der Waals surface area contributed by atoms with Crippen molar-refractivity contribution in [1.82, 2.24) is 0 Å². The summed E-state index contributed by atoms with van der Waals surface area (Å²) in [6, 6.07) is 5.80. The van der Waals surface area contributed by atoms with Gasteiger partial charge in [0.15, 0.2) is 5.78 Å². The van der Waals surface area contributed by atoms with Crippen LogP contribution in [0.3, 0.4) is 0 Å². The second-order valence-corrected chi connectivity index (χ2v) is 4.11. The topological polar surface area (TPSA) is 26.3 Å². The molecule has 1 aromatic rings. The maximum atomic E-state index is 11.9. The lowest BCUT2D eigenvalue weighted by Gasteiger charge is -2.23. The number of hydrogen-bond donors (Lipinski definition) is 0. The van der Waals surface area contributed by atoms with Crippen molar-refractivity contribution in [1.29, 1.82) is 0 Å². The molecule has 1 aliphatic heterocycles. The third-order valence-electron chi connectivity index (χ3n) is 3.41. The van der Waals surface area contributed by atoms with E-state index in [0.29, 0.717) is 5.92 Å². The predicted octanol–water partition coefficient (Wildman–Crippen LogP) is 2.39. The first-order chi connectivity index (χ1) is 6.79. The Labute approximate surface area is 82.9 Å². The smallest absolute Gasteiger partial charge is 0.166 e. The first kappa shape index (κ1) is 8.04. The summed E-state index contributed by atoms with van der Waals surface area (Å²) in [7, 11) is 0. The first-order valence-corrected chi connectivity index (χ1v) is 5.09. The van der Waals surface area contributed by atoms with Gasteiger partial charge in [-0.2, -0.15) is 0 Å². The van der Waals surface area contributed by atoms with E-state index in [0.717, 1.165) is 29.9 Å². The highest BCUT2D eigenvalue weighted by molar-refractivity contribution is 6.03. The minimum absolute atomic E-state index is 0.148. The highest BCUT2D eigenvalue weighted by atomic mass is 16.5. The van der Waals surface area contributed by atoms with Gasteiger partial charge in [0.25, 0.3) is 0 Å². The van der Waals surface area contributed by atoms with E-state index >= 15 is 0 Å². The molecule has 14 heavy (non-hydrogen) atoms. The molecule has 0 bridgehead atoms. The molecule has 0 fully saturated rings.